The van der Waals surface area contributed by atoms with Gasteiger partial charge in [-0.05, 0) is 60.3 Å². The maximum atomic E-state index is 14.7. The van der Waals surface area contributed by atoms with Gasteiger partial charge in [-0.15, -0.1) is 13.2 Å². The lowest BCUT2D eigenvalue weighted by Crippen LogP contribution is -2.02. The topological polar surface area (TPSA) is 0 Å². The van der Waals surface area contributed by atoms with Gasteiger partial charge >= 0.3 is 0 Å². The Morgan fingerprint density at radius 3 is 2.42 bits per heavy atom. The van der Waals surface area contributed by atoms with Gasteiger partial charge in [-0.1, -0.05) is 66.2 Å². The Balaban J connectivity index is 1.83. The van der Waals surface area contributed by atoms with Crippen molar-refractivity contribution in [1.29, 1.82) is 0 Å². The molecule has 1 aliphatic rings. The molecule has 0 radical (unpaired) electrons. The van der Waals surface area contributed by atoms with E-state index in [1.165, 1.54) is 11.1 Å². The largest absolute Gasteiger partial charge is 0.205 e. The van der Waals surface area contributed by atoms with Crippen molar-refractivity contribution in [3.63, 3.8) is 0 Å². The second-order valence-corrected chi connectivity index (χ2v) is 7.18. The third-order valence-electron chi connectivity index (χ3n) is 5.13. The molecule has 0 N–H and O–H groups in total. The van der Waals surface area contributed by atoms with E-state index in [2.05, 4.69) is 31.4 Å². The van der Waals surface area contributed by atoms with E-state index in [-0.39, 0.29) is 10.8 Å². The van der Waals surface area contributed by atoms with Crippen LogP contribution in [0, 0.1) is 11.7 Å². The fourth-order valence-electron chi connectivity index (χ4n) is 3.46. The summed E-state index contributed by atoms with van der Waals surface area (Å²) in [5.41, 5.74) is 4.81. The van der Waals surface area contributed by atoms with Crippen LogP contribution in [-0.2, 0) is 6.42 Å². The van der Waals surface area contributed by atoms with Crippen LogP contribution >= 0.6 is 11.6 Å². The minimum atomic E-state index is -0.341. The molecular weight excluding hydrogens is 343 g/mol. The van der Waals surface area contributed by atoms with Crippen LogP contribution in [0.2, 0.25) is 5.02 Å². The summed E-state index contributed by atoms with van der Waals surface area (Å²) in [7, 11) is 0. The molecule has 0 amide bonds. The Bertz CT molecular complexity index is 830. The van der Waals surface area contributed by atoms with Crippen LogP contribution in [-0.4, -0.2) is 0 Å². The third-order valence-corrected chi connectivity index (χ3v) is 5.54. The first-order valence-corrected chi connectivity index (χ1v) is 9.52. The van der Waals surface area contributed by atoms with Gasteiger partial charge in [0.05, 0.1) is 5.02 Å². The molecule has 2 aromatic rings. The van der Waals surface area contributed by atoms with Crippen LogP contribution in [0.5, 0.6) is 0 Å². The van der Waals surface area contributed by atoms with E-state index in [0.29, 0.717) is 17.9 Å². The van der Waals surface area contributed by atoms with E-state index in [1.54, 1.807) is 0 Å². The molecule has 2 heteroatoms. The lowest BCUT2D eigenvalue weighted by Gasteiger charge is -2.19. The summed E-state index contributed by atoms with van der Waals surface area (Å²) < 4.78 is 14.7. The molecule has 26 heavy (non-hydrogen) atoms. The van der Waals surface area contributed by atoms with Crippen molar-refractivity contribution in [2.45, 2.75) is 32.1 Å². The summed E-state index contributed by atoms with van der Waals surface area (Å²) in [6, 6.07) is 11.9. The highest BCUT2D eigenvalue weighted by Crippen LogP contribution is 2.34. The SMILES string of the molecule is C=CCCc1ccc(-c2ccc(C3=CCC(C=C)CC3)cc2)c(F)c1Cl. The average molecular weight is 367 g/mol. The number of aryl methyl sites for hydroxylation is 1. The number of hydrogen-bond donors (Lipinski definition) is 0. The molecular formula is C24H24ClF. The van der Waals surface area contributed by atoms with Crippen molar-refractivity contribution in [3.05, 3.63) is 89.8 Å². The molecule has 1 aliphatic carbocycles. The molecule has 1 atom stereocenters. The zero-order valence-electron chi connectivity index (χ0n) is 15.0. The van der Waals surface area contributed by atoms with Crippen molar-refractivity contribution in [2.75, 3.05) is 0 Å². The maximum absolute atomic E-state index is 14.7. The molecule has 0 aromatic heterocycles. The smallest absolute Gasteiger partial charge is 0.149 e. The molecule has 3 rings (SSSR count). The van der Waals surface area contributed by atoms with Gasteiger partial charge in [-0.25, -0.2) is 4.39 Å². The molecule has 0 aliphatic heterocycles. The molecule has 0 nitrogen and oxygen atoms in total. The predicted octanol–water partition coefficient (Wildman–Crippen LogP) is 7.63. The summed E-state index contributed by atoms with van der Waals surface area (Å²) in [6.45, 7) is 7.59. The van der Waals surface area contributed by atoms with Gasteiger partial charge in [-0.2, -0.15) is 0 Å². The minimum absolute atomic E-state index is 0.221. The van der Waals surface area contributed by atoms with E-state index in [1.807, 2.05) is 36.4 Å². The molecule has 0 heterocycles. The highest BCUT2D eigenvalue weighted by molar-refractivity contribution is 6.31. The van der Waals surface area contributed by atoms with E-state index in [9.17, 15) is 4.39 Å². The molecule has 2 aromatic carbocycles. The van der Waals surface area contributed by atoms with E-state index < -0.39 is 0 Å². The predicted molar refractivity (Wildman–Crippen MR) is 111 cm³/mol. The van der Waals surface area contributed by atoms with Crippen molar-refractivity contribution in [3.8, 4) is 11.1 Å². The van der Waals surface area contributed by atoms with Gasteiger partial charge in [0.2, 0.25) is 0 Å². The number of rotatable bonds is 6. The molecule has 1 unspecified atom stereocenters. The number of halogens is 2. The Morgan fingerprint density at radius 2 is 1.81 bits per heavy atom. The van der Waals surface area contributed by atoms with Gasteiger partial charge in [-0.3, -0.25) is 0 Å². The first-order chi connectivity index (χ1) is 12.6. The average Bonchev–Trinajstić information content (AvgIpc) is 2.69. The lowest BCUT2D eigenvalue weighted by molar-refractivity contribution is 0.593. The summed E-state index contributed by atoms with van der Waals surface area (Å²) >= 11 is 6.24. The zero-order chi connectivity index (χ0) is 18.5. The molecule has 0 saturated carbocycles. The fourth-order valence-corrected chi connectivity index (χ4v) is 3.72. The summed E-state index contributed by atoms with van der Waals surface area (Å²) in [5.74, 6) is 0.251. The summed E-state index contributed by atoms with van der Waals surface area (Å²) in [5, 5.41) is 0.221. The molecule has 0 spiro atoms. The highest BCUT2D eigenvalue weighted by Gasteiger charge is 2.15. The number of allylic oxidation sites excluding steroid dienone is 4. The van der Waals surface area contributed by atoms with Crippen LogP contribution in [0.4, 0.5) is 4.39 Å². The van der Waals surface area contributed by atoms with Crippen molar-refractivity contribution >= 4 is 17.2 Å². The highest BCUT2D eigenvalue weighted by atomic mass is 35.5. The zero-order valence-corrected chi connectivity index (χ0v) is 15.7. The monoisotopic (exact) mass is 366 g/mol. The quantitative estimate of drug-likeness (QED) is 0.461. The van der Waals surface area contributed by atoms with Crippen LogP contribution in [0.15, 0.2) is 67.8 Å². The summed E-state index contributed by atoms with van der Waals surface area (Å²) in [6.07, 6.45) is 10.9. The minimum Gasteiger partial charge on any atom is -0.205 e. The first kappa shape index (κ1) is 18.7. The van der Waals surface area contributed by atoms with Crippen LogP contribution < -0.4 is 0 Å². The first-order valence-electron chi connectivity index (χ1n) is 9.14. The van der Waals surface area contributed by atoms with Crippen molar-refractivity contribution in [2.24, 2.45) is 5.92 Å². The van der Waals surface area contributed by atoms with E-state index >= 15 is 0 Å². The fraction of sp³-hybridized carbons (Fsp3) is 0.250. The molecule has 0 saturated heterocycles. The Labute approximate surface area is 160 Å². The third kappa shape index (κ3) is 3.99. The second-order valence-electron chi connectivity index (χ2n) is 6.80. The Kier molecular flexibility index (Phi) is 6.11. The molecule has 0 fully saturated rings. The summed E-state index contributed by atoms with van der Waals surface area (Å²) in [4.78, 5) is 0. The van der Waals surface area contributed by atoms with E-state index in [4.69, 9.17) is 11.6 Å². The Hall–Kier alpha value is -2.12. The second kappa shape index (κ2) is 8.51. The Morgan fingerprint density at radius 1 is 1.08 bits per heavy atom. The normalized spacial score (nSPS) is 16.8. The van der Waals surface area contributed by atoms with Crippen molar-refractivity contribution < 1.29 is 4.39 Å². The van der Waals surface area contributed by atoms with E-state index in [0.717, 1.165) is 36.8 Å². The lowest BCUT2D eigenvalue weighted by atomic mass is 9.86. The van der Waals surface area contributed by atoms with Gasteiger partial charge in [0.25, 0.3) is 0 Å². The number of hydrogen-bond acceptors (Lipinski definition) is 0. The van der Waals surface area contributed by atoms with Gasteiger partial charge in [0.15, 0.2) is 0 Å². The maximum Gasteiger partial charge on any atom is 0.149 e. The number of benzene rings is 2. The standard InChI is InChI=1S/C24H24ClF/c1-3-5-6-21-15-16-22(24(26)23(21)25)20-13-11-19(12-14-20)18-9-7-17(4-2)8-10-18/h3-4,9,11-17H,1-2,5-8,10H2. The molecule has 134 valence electrons. The molecule has 0 bridgehead atoms. The van der Waals surface area contributed by atoms with Crippen LogP contribution in [0.3, 0.4) is 0 Å². The van der Waals surface area contributed by atoms with Gasteiger partial charge in [0, 0.05) is 5.56 Å². The van der Waals surface area contributed by atoms with Crippen LogP contribution in [0.1, 0.15) is 36.8 Å². The van der Waals surface area contributed by atoms with Gasteiger partial charge in [0.1, 0.15) is 5.82 Å². The van der Waals surface area contributed by atoms with Gasteiger partial charge < -0.3 is 0 Å². The van der Waals surface area contributed by atoms with Crippen LogP contribution in [0.25, 0.3) is 16.7 Å². The van der Waals surface area contributed by atoms with Crippen molar-refractivity contribution in [1.82, 2.24) is 0 Å².